The van der Waals surface area contributed by atoms with E-state index in [4.69, 9.17) is 9.47 Å². The molecule has 2 heterocycles. The summed E-state index contributed by atoms with van der Waals surface area (Å²) in [5.41, 5.74) is 4.77. The lowest BCUT2D eigenvalue weighted by atomic mass is 9.95. The molecule has 34 heavy (non-hydrogen) atoms. The van der Waals surface area contributed by atoms with E-state index in [1.165, 1.54) is 54.6 Å². The molecule has 186 valence electrons. The van der Waals surface area contributed by atoms with Crippen LogP contribution in [0.15, 0.2) is 36.4 Å². The second-order valence-electron chi connectivity index (χ2n) is 9.91. The molecule has 0 amide bonds. The average molecular weight is 467 g/mol. The van der Waals surface area contributed by atoms with Crippen molar-refractivity contribution in [1.82, 2.24) is 9.80 Å². The van der Waals surface area contributed by atoms with Crippen LogP contribution in [-0.4, -0.2) is 73.5 Å². The standard InChI is InChI=1S/C29H42N2O3/c1-23-26(10-6-12-28(23)33-20-8-17-30-15-4-3-5-16-30)27-11-7-13-29(24(27)2)34-21-9-18-31-19-14-25(32)22-31/h6-7,10-13,25,32H,3-5,8-9,14-22H2,1-2H3/t25-/m1/s1. The Kier molecular flexibility index (Phi) is 9.25. The van der Waals surface area contributed by atoms with Gasteiger partial charge in [-0.1, -0.05) is 30.7 Å². The molecule has 0 aliphatic carbocycles. The predicted molar refractivity (Wildman–Crippen MR) is 139 cm³/mol. The monoisotopic (exact) mass is 466 g/mol. The first-order chi connectivity index (χ1) is 16.6. The van der Waals surface area contributed by atoms with Crippen molar-refractivity contribution in [3.05, 3.63) is 47.5 Å². The fourth-order valence-electron chi connectivity index (χ4n) is 5.26. The Bertz CT molecular complexity index is 850. The number of benzene rings is 2. The maximum atomic E-state index is 9.68. The SMILES string of the molecule is Cc1c(OCCCN2CCCCC2)cccc1-c1cccc(OCCCN2CC[C@@H](O)C2)c1C. The van der Waals surface area contributed by atoms with E-state index >= 15 is 0 Å². The molecule has 2 aliphatic rings. The van der Waals surface area contributed by atoms with Crippen molar-refractivity contribution < 1.29 is 14.6 Å². The van der Waals surface area contributed by atoms with Crippen molar-refractivity contribution in [2.24, 2.45) is 0 Å². The number of likely N-dealkylation sites (tertiary alicyclic amines) is 2. The number of ether oxygens (including phenoxy) is 2. The van der Waals surface area contributed by atoms with Crippen LogP contribution in [0.25, 0.3) is 11.1 Å². The molecule has 0 bridgehead atoms. The molecule has 2 aromatic carbocycles. The Labute approximate surface area is 205 Å². The van der Waals surface area contributed by atoms with E-state index in [2.05, 4.69) is 60.0 Å². The summed E-state index contributed by atoms with van der Waals surface area (Å²) >= 11 is 0. The number of aliphatic hydroxyl groups is 1. The highest BCUT2D eigenvalue weighted by Crippen LogP contribution is 2.35. The van der Waals surface area contributed by atoms with Gasteiger partial charge < -0.3 is 24.4 Å². The minimum atomic E-state index is -0.155. The van der Waals surface area contributed by atoms with Crippen LogP contribution in [0.5, 0.6) is 11.5 Å². The van der Waals surface area contributed by atoms with Gasteiger partial charge in [-0.2, -0.15) is 0 Å². The maximum Gasteiger partial charge on any atom is 0.122 e. The second-order valence-corrected chi connectivity index (χ2v) is 9.91. The van der Waals surface area contributed by atoms with Crippen LogP contribution in [0.3, 0.4) is 0 Å². The summed E-state index contributed by atoms with van der Waals surface area (Å²) in [4.78, 5) is 4.89. The van der Waals surface area contributed by atoms with E-state index in [9.17, 15) is 5.11 Å². The minimum absolute atomic E-state index is 0.155. The Hall–Kier alpha value is -2.08. The third-order valence-electron chi connectivity index (χ3n) is 7.31. The summed E-state index contributed by atoms with van der Waals surface area (Å²) in [6.45, 7) is 12.1. The quantitative estimate of drug-likeness (QED) is 0.469. The molecule has 2 aliphatic heterocycles. The molecule has 2 fully saturated rings. The summed E-state index contributed by atoms with van der Waals surface area (Å²) in [5.74, 6) is 1.93. The van der Waals surface area contributed by atoms with Gasteiger partial charge in [0.2, 0.25) is 0 Å². The van der Waals surface area contributed by atoms with Crippen LogP contribution in [0, 0.1) is 13.8 Å². The van der Waals surface area contributed by atoms with Crippen LogP contribution in [-0.2, 0) is 0 Å². The van der Waals surface area contributed by atoms with Crippen LogP contribution >= 0.6 is 0 Å². The Morgan fingerprint density at radius 2 is 1.32 bits per heavy atom. The number of β-amino-alcohol motifs (C(OH)–C–C–N with tert-alkyl or cyclic N) is 1. The summed E-state index contributed by atoms with van der Waals surface area (Å²) in [6.07, 6.45) is 6.84. The zero-order valence-electron chi connectivity index (χ0n) is 21.1. The third kappa shape index (κ3) is 6.74. The number of hydrogen-bond donors (Lipinski definition) is 1. The highest BCUT2D eigenvalue weighted by molar-refractivity contribution is 5.74. The van der Waals surface area contributed by atoms with Crippen molar-refractivity contribution in [1.29, 1.82) is 0 Å². The van der Waals surface area contributed by atoms with Gasteiger partial charge in [0.05, 0.1) is 19.3 Å². The highest BCUT2D eigenvalue weighted by atomic mass is 16.5. The van der Waals surface area contributed by atoms with Crippen molar-refractivity contribution in [3.63, 3.8) is 0 Å². The minimum Gasteiger partial charge on any atom is -0.493 e. The molecule has 0 aromatic heterocycles. The zero-order chi connectivity index (χ0) is 23.8. The Morgan fingerprint density at radius 1 is 0.765 bits per heavy atom. The van der Waals surface area contributed by atoms with Gasteiger partial charge in [0.1, 0.15) is 11.5 Å². The molecule has 0 unspecified atom stereocenters. The molecule has 2 saturated heterocycles. The van der Waals surface area contributed by atoms with Gasteiger partial charge in [0.25, 0.3) is 0 Å². The summed E-state index contributed by atoms with van der Waals surface area (Å²) < 4.78 is 12.4. The van der Waals surface area contributed by atoms with Crippen LogP contribution in [0.1, 0.15) is 49.7 Å². The van der Waals surface area contributed by atoms with E-state index in [0.29, 0.717) is 6.61 Å². The van der Waals surface area contributed by atoms with Crippen LogP contribution < -0.4 is 9.47 Å². The number of aliphatic hydroxyl groups excluding tert-OH is 1. The molecule has 2 aromatic rings. The lowest BCUT2D eigenvalue weighted by Gasteiger charge is -2.26. The summed E-state index contributed by atoms with van der Waals surface area (Å²) in [6, 6.07) is 12.7. The maximum absolute atomic E-state index is 9.68. The van der Waals surface area contributed by atoms with Crippen LogP contribution in [0.4, 0.5) is 0 Å². The number of rotatable bonds is 11. The number of piperidine rings is 1. The first kappa shape index (κ1) is 25.0. The molecule has 1 N–H and O–H groups in total. The summed E-state index contributed by atoms with van der Waals surface area (Å²) in [5, 5.41) is 9.68. The normalized spacial score (nSPS) is 19.4. The first-order valence-corrected chi connectivity index (χ1v) is 13.2. The van der Waals surface area contributed by atoms with Gasteiger partial charge in [-0.25, -0.2) is 0 Å². The van der Waals surface area contributed by atoms with E-state index < -0.39 is 0 Å². The van der Waals surface area contributed by atoms with Crippen LogP contribution in [0.2, 0.25) is 0 Å². The molecule has 0 saturated carbocycles. The van der Waals surface area contributed by atoms with E-state index in [1.54, 1.807) is 0 Å². The topological polar surface area (TPSA) is 45.2 Å². The molecule has 5 nitrogen and oxygen atoms in total. The molecule has 0 spiro atoms. The highest BCUT2D eigenvalue weighted by Gasteiger charge is 2.19. The molecule has 4 rings (SSSR count). The van der Waals surface area contributed by atoms with Crippen molar-refractivity contribution in [2.45, 2.75) is 58.5 Å². The molecular weight excluding hydrogens is 424 g/mol. The average Bonchev–Trinajstić information content (AvgIpc) is 3.27. The van der Waals surface area contributed by atoms with Gasteiger partial charge in [-0.15, -0.1) is 0 Å². The largest absolute Gasteiger partial charge is 0.493 e. The van der Waals surface area contributed by atoms with E-state index in [1.807, 2.05) is 0 Å². The molecular formula is C29H42N2O3. The first-order valence-electron chi connectivity index (χ1n) is 13.2. The Balaban J connectivity index is 1.32. The fraction of sp³-hybridized carbons (Fsp3) is 0.586. The summed E-state index contributed by atoms with van der Waals surface area (Å²) in [7, 11) is 0. The second kappa shape index (κ2) is 12.6. The molecule has 5 heteroatoms. The van der Waals surface area contributed by atoms with Crippen molar-refractivity contribution in [2.75, 3.05) is 52.5 Å². The Morgan fingerprint density at radius 3 is 1.85 bits per heavy atom. The number of hydrogen-bond acceptors (Lipinski definition) is 5. The smallest absolute Gasteiger partial charge is 0.122 e. The van der Waals surface area contributed by atoms with E-state index in [0.717, 1.165) is 63.5 Å². The lowest BCUT2D eigenvalue weighted by Crippen LogP contribution is -2.31. The third-order valence-corrected chi connectivity index (χ3v) is 7.31. The zero-order valence-corrected chi connectivity index (χ0v) is 21.1. The van der Waals surface area contributed by atoms with Gasteiger partial charge in [0, 0.05) is 26.2 Å². The van der Waals surface area contributed by atoms with Crippen molar-refractivity contribution >= 4 is 0 Å². The fourth-order valence-corrected chi connectivity index (χ4v) is 5.26. The van der Waals surface area contributed by atoms with Gasteiger partial charge in [-0.05, 0) is 93.4 Å². The van der Waals surface area contributed by atoms with Gasteiger partial charge >= 0.3 is 0 Å². The van der Waals surface area contributed by atoms with Gasteiger partial charge in [-0.3, -0.25) is 0 Å². The number of nitrogens with zero attached hydrogens (tertiary/aromatic N) is 2. The predicted octanol–water partition coefficient (Wildman–Crippen LogP) is 5.06. The lowest BCUT2D eigenvalue weighted by molar-refractivity contribution is 0.173. The van der Waals surface area contributed by atoms with Gasteiger partial charge in [0.15, 0.2) is 0 Å². The molecule has 1 atom stereocenters. The molecule has 0 radical (unpaired) electrons. The van der Waals surface area contributed by atoms with Crippen molar-refractivity contribution in [3.8, 4) is 22.6 Å². The van der Waals surface area contributed by atoms with E-state index in [-0.39, 0.29) is 6.10 Å².